The van der Waals surface area contributed by atoms with Crippen molar-refractivity contribution in [1.29, 1.82) is 0 Å². The van der Waals surface area contributed by atoms with Crippen molar-refractivity contribution in [2.24, 2.45) is 0 Å². The van der Waals surface area contributed by atoms with E-state index in [0.29, 0.717) is 45.6 Å². The highest BCUT2D eigenvalue weighted by Crippen LogP contribution is 2.37. The van der Waals surface area contributed by atoms with Gasteiger partial charge in [-0.2, -0.15) is 26.3 Å². The Hall–Kier alpha value is -2.79. The van der Waals surface area contributed by atoms with Gasteiger partial charge in [0.2, 0.25) is 0 Å². The van der Waals surface area contributed by atoms with Crippen molar-refractivity contribution in [3.63, 3.8) is 0 Å². The standard InChI is InChI=1S/C26H28F6N2O3/c1-2-34-17-24(37-23(34)35)9-11-33(12-10-24)13-14-36-22(18-5-3-7-20(15-18)25(27,28)29)19-6-4-8-21(16-19)26(30,31)32/h3-8,15-16,22H,2,9-14,17H2,1H3. The number of nitrogens with zero attached hydrogens (tertiary/aromatic N) is 2. The summed E-state index contributed by atoms with van der Waals surface area (Å²) in [6.45, 7) is 4.78. The number of hydrogen-bond donors (Lipinski definition) is 0. The minimum Gasteiger partial charge on any atom is -0.441 e. The number of ether oxygens (including phenoxy) is 2. The zero-order valence-electron chi connectivity index (χ0n) is 20.2. The lowest BCUT2D eigenvalue weighted by Gasteiger charge is -2.37. The van der Waals surface area contributed by atoms with Crippen LogP contribution in [0.25, 0.3) is 0 Å². The number of halogens is 6. The molecule has 2 aromatic rings. The predicted octanol–water partition coefficient (Wildman–Crippen LogP) is 6.14. The molecule has 11 heteroatoms. The Labute approximate surface area is 210 Å². The van der Waals surface area contributed by atoms with Gasteiger partial charge in [-0.05, 0) is 42.3 Å². The molecule has 0 saturated carbocycles. The summed E-state index contributed by atoms with van der Waals surface area (Å²) in [7, 11) is 0. The molecule has 1 spiro atoms. The van der Waals surface area contributed by atoms with Crippen molar-refractivity contribution < 1.29 is 40.6 Å². The molecule has 0 N–H and O–H groups in total. The van der Waals surface area contributed by atoms with Gasteiger partial charge in [-0.3, -0.25) is 0 Å². The number of carbonyl (C=O) groups is 1. The third-order valence-corrected chi connectivity index (χ3v) is 6.92. The smallest absolute Gasteiger partial charge is 0.416 e. The van der Waals surface area contributed by atoms with Crippen molar-refractivity contribution in [1.82, 2.24) is 9.80 Å². The van der Waals surface area contributed by atoms with Gasteiger partial charge in [0.05, 0.1) is 24.3 Å². The second-order valence-corrected chi connectivity index (χ2v) is 9.40. The lowest BCUT2D eigenvalue weighted by atomic mass is 9.91. The van der Waals surface area contributed by atoms with E-state index < -0.39 is 35.2 Å². The summed E-state index contributed by atoms with van der Waals surface area (Å²) >= 11 is 0. The molecule has 2 aliphatic rings. The molecule has 0 radical (unpaired) electrons. The molecule has 0 atom stereocenters. The first-order valence-electron chi connectivity index (χ1n) is 12.1. The van der Waals surface area contributed by atoms with E-state index >= 15 is 0 Å². The van der Waals surface area contributed by atoms with Crippen molar-refractivity contribution >= 4 is 6.09 Å². The Balaban J connectivity index is 1.46. The third kappa shape index (κ3) is 6.38. The minimum atomic E-state index is -4.60. The molecule has 2 aromatic carbocycles. The third-order valence-electron chi connectivity index (χ3n) is 6.92. The molecule has 0 unspecified atom stereocenters. The van der Waals surface area contributed by atoms with E-state index in [2.05, 4.69) is 4.90 Å². The molecule has 37 heavy (non-hydrogen) atoms. The Morgan fingerprint density at radius 2 is 1.49 bits per heavy atom. The highest BCUT2D eigenvalue weighted by Gasteiger charge is 2.46. The van der Waals surface area contributed by atoms with Crippen LogP contribution in [-0.4, -0.2) is 60.8 Å². The Bertz CT molecular complexity index is 1040. The van der Waals surface area contributed by atoms with E-state index in [-0.39, 0.29) is 23.8 Å². The van der Waals surface area contributed by atoms with Gasteiger partial charge in [-0.15, -0.1) is 0 Å². The van der Waals surface area contributed by atoms with Crippen LogP contribution in [0.3, 0.4) is 0 Å². The first-order valence-corrected chi connectivity index (χ1v) is 12.1. The second-order valence-electron chi connectivity index (χ2n) is 9.40. The van der Waals surface area contributed by atoms with Crippen LogP contribution in [0.2, 0.25) is 0 Å². The Morgan fingerprint density at radius 1 is 0.946 bits per heavy atom. The topological polar surface area (TPSA) is 42.0 Å². The largest absolute Gasteiger partial charge is 0.441 e. The highest BCUT2D eigenvalue weighted by molar-refractivity contribution is 5.70. The summed E-state index contributed by atoms with van der Waals surface area (Å²) in [6.07, 6.45) is -9.36. The first kappa shape index (κ1) is 27.3. The SMILES string of the molecule is CCN1CC2(CCN(CCOC(c3cccc(C(F)(F)F)c3)c3cccc(C(F)(F)F)c3)CC2)OC1=O. The predicted molar refractivity (Wildman–Crippen MR) is 123 cm³/mol. The number of alkyl halides is 6. The maximum absolute atomic E-state index is 13.3. The van der Waals surface area contributed by atoms with Crippen molar-refractivity contribution in [2.75, 3.05) is 39.3 Å². The number of carbonyl (C=O) groups excluding carboxylic acids is 1. The van der Waals surface area contributed by atoms with Crippen LogP contribution in [0.5, 0.6) is 0 Å². The molecule has 0 aromatic heterocycles. The van der Waals surface area contributed by atoms with Gasteiger partial charge in [0.1, 0.15) is 11.7 Å². The first-order chi connectivity index (χ1) is 17.4. The van der Waals surface area contributed by atoms with Crippen LogP contribution in [-0.2, 0) is 21.8 Å². The number of rotatable bonds is 7. The van der Waals surface area contributed by atoms with Crippen LogP contribution in [0.4, 0.5) is 31.1 Å². The number of benzene rings is 2. The molecule has 202 valence electrons. The average Bonchev–Trinajstić information content (AvgIpc) is 3.17. The maximum atomic E-state index is 13.3. The number of piperidine rings is 1. The molecule has 2 heterocycles. The quantitative estimate of drug-likeness (QED) is 0.404. The zero-order valence-corrected chi connectivity index (χ0v) is 20.2. The number of likely N-dealkylation sites (N-methyl/N-ethyl adjacent to an activating group) is 1. The fourth-order valence-corrected chi connectivity index (χ4v) is 4.82. The van der Waals surface area contributed by atoms with Gasteiger partial charge < -0.3 is 19.3 Å². The lowest BCUT2D eigenvalue weighted by Crippen LogP contribution is -2.47. The second kappa shape index (κ2) is 10.5. The van der Waals surface area contributed by atoms with Crippen LogP contribution in [0, 0.1) is 0 Å². The van der Waals surface area contributed by atoms with Crippen LogP contribution < -0.4 is 0 Å². The van der Waals surface area contributed by atoms with Crippen molar-refractivity contribution in [3.8, 4) is 0 Å². The van der Waals surface area contributed by atoms with E-state index in [1.807, 2.05) is 6.92 Å². The zero-order chi connectivity index (χ0) is 26.8. The molecular weight excluding hydrogens is 502 g/mol. The molecular formula is C26H28F6N2O3. The van der Waals surface area contributed by atoms with Gasteiger partial charge in [-0.25, -0.2) is 4.79 Å². The fourth-order valence-electron chi connectivity index (χ4n) is 4.82. The Kier molecular flexibility index (Phi) is 7.75. The van der Waals surface area contributed by atoms with Crippen LogP contribution in [0.15, 0.2) is 48.5 Å². The minimum absolute atomic E-state index is 0.0883. The molecule has 2 aliphatic heterocycles. The van der Waals surface area contributed by atoms with Gasteiger partial charge in [0.25, 0.3) is 0 Å². The van der Waals surface area contributed by atoms with Gasteiger partial charge in [0.15, 0.2) is 0 Å². The number of hydrogen-bond acceptors (Lipinski definition) is 4. The summed E-state index contributed by atoms with van der Waals surface area (Å²) in [4.78, 5) is 15.7. The molecule has 0 bridgehead atoms. The maximum Gasteiger partial charge on any atom is 0.416 e. The van der Waals surface area contributed by atoms with Gasteiger partial charge >= 0.3 is 18.4 Å². The molecule has 0 aliphatic carbocycles. The molecule has 2 saturated heterocycles. The summed E-state index contributed by atoms with van der Waals surface area (Å²) in [5, 5.41) is 0. The van der Waals surface area contributed by atoms with E-state index in [0.717, 1.165) is 24.3 Å². The summed E-state index contributed by atoms with van der Waals surface area (Å²) in [5.74, 6) is 0. The fraction of sp³-hybridized carbons (Fsp3) is 0.500. The number of likely N-dealkylation sites (tertiary alicyclic amines) is 1. The summed E-state index contributed by atoms with van der Waals surface area (Å²) in [6, 6.07) is 8.89. The normalized spacial score (nSPS) is 18.6. The van der Waals surface area contributed by atoms with E-state index in [9.17, 15) is 31.1 Å². The highest BCUT2D eigenvalue weighted by atomic mass is 19.4. The van der Waals surface area contributed by atoms with E-state index in [1.165, 1.54) is 24.3 Å². The Morgan fingerprint density at radius 3 is 1.95 bits per heavy atom. The number of amides is 1. The van der Waals surface area contributed by atoms with Crippen LogP contribution in [0.1, 0.15) is 48.1 Å². The summed E-state index contributed by atoms with van der Waals surface area (Å²) < 4.78 is 91.5. The molecule has 1 amide bonds. The summed E-state index contributed by atoms with van der Waals surface area (Å²) in [5.41, 5.74) is -2.09. The van der Waals surface area contributed by atoms with Crippen molar-refractivity contribution in [2.45, 2.75) is 43.8 Å². The van der Waals surface area contributed by atoms with Gasteiger partial charge in [0, 0.05) is 39.0 Å². The molecule has 4 rings (SSSR count). The van der Waals surface area contributed by atoms with E-state index in [1.54, 1.807) is 4.90 Å². The van der Waals surface area contributed by atoms with Crippen molar-refractivity contribution in [3.05, 3.63) is 70.8 Å². The van der Waals surface area contributed by atoms with Gasteiger partial charge in [-0.1, -0.05) is 24.3 Å². The molecule has 5 nitrogen and oxygen atoms in total. The van der Waals surface area contributed by atoms with Crippen LogP contribution >= 0.6 is 0 Å². The monoisotopic (exact) mass is 530 g/mol. The average molecular weight is 531 g/mol. The van der Waals surface area contributed by atoms with E-state index in [4.69, 9.17) is 9.47 Å². The lowest BCUT2D eigenvalue weighted by molar-refractivity contribution is -0.138. The molecule has 2 fully saturated rings.